The number of carbonyl (C=O) groups excluding carboxylic acids is 2. The highest BCUT2D eigenvalue weighted by molar-refractivity contribution is 6.00. The first kappa shape index (κ1) is 21.3. The van der Waals surface area contributed by atoms with Gasteiger partial charge in [-0.05, 0) is 48.8 Å². The molecule has 2 amide bonds. The third-order valence-corrected chi connectivity index (χ3v) is 7.20. The number of hydrogen-bond acceptors (Lipinski definition) is 6. The van der Waals surface area contributed by atoms with Crippen LogP contribution in [0.15, 0.2) is 24.3 Å². The summed E-state index contributed by atoms with van der Waals surface area (Å²) in [5, 5.41) is 4.40. The number of anilines is 1. The molecule has 7 nitrogen and oxygen atoms in total. The molecule has 2 atom stereocenters. The zero-order valence-electron chi connectivity index (χ0n) is 18.1. The summed E-state index contributed by atoms with van der Waals surface area (Å²) in [6.07, 6.45) is 3.46. The standard InChI is InChI=1S/C23H35N5O2/c1-17(18-8-10-28(24)11-9-18)16-26-12-14-27(15-13-26)20-4-2-19(3-5-20)21-6-7-22(29)25-23(21)30/h2-5,17-18,21H,6-16,24H2,1H3,(H,25,29,30)/t17-,21?/m0/s1. The van der Waals surface area contributed by atoms with E-state index < -0.39 is 0 Å². The van der Waals surface area contributed by atoms with Gasteiger partial charge < -0.3 is 4.90 Å². The monoisotopic (exact) mass is 413 g/mol. The highest BCUT2D eigenvalue weighted by Crippen LogP contribution is 2.28. The van der Waals surface area contributed by atoms with Crippen LogP contribution >= 0.6 is 0 Å². The Kier molecular flexibility index (Phi) is 6.71. The molecule has 3 fully saturated rings. The maximum absolute atomic E-state index is 12.1. The van der Waals surface area contributed by atoms with Gasteiger partial charge in [0.1, 0.15) is 0 Å². The number of carbonyl (C=O) groups is 2. The quantitative estimate of drug-likeness (QED) is 0.563. The Morgan fingerprint density at radius 3 is 2.30 bits per heavy atom. The maximum Gasteiger partial charge on any atom is 0.234 e. The van der Waals surface area contributed by atoms with E-state index in [2.05, 4.69) is 34.2 Å². The summed E-state index contributed by atoms with van der Waals surface area (Å²) in [4.78, 5) is 28.5. The van der Waals surface area contributed by atoms with Gasteiger partial charge in [-0.3, -0.25) is 25.6 Å². The molecule has 30 heavy (non-hydrogen) atoms. The fourth-order valence-electron chi connectivity index (χ4n) is 5.16. The Morgan fingerprint density at radius 1 is 1.00 bits per heavy atom. The Hall–Kier alpha value is -1.96. The second-order valence-corrected chi connectivity index (χ2v) is 9.23. The second-order valence-electron chi connectivity index (χ2n) is 9.23. The molecule has 0 radical (unpaired) electrons. The Morgan fingerprint density at radius 2 is 1.67 bits per heavy atom. The molecule has 0 spiro atoms. The topological polar surface area (TPSA) is 81.9 Å². The minimum atomic E-state index is -0.207. The Labute approximate surface area is 179 Å². The fourth-order valence-corrected chi connectivity index (χ4v) is 5.16. The van der Waals surface area contributed by atoms with Gasteiger partial charge in [-0.1, -0.05) is 19.1 Å². The molecule has 7 heteroatoms. The second kappa shape index (κ2) is 9.45. The molecule has 0 bridgehead atoms. The average molecular weight is 414 g/mol. The predicted octanol–water partition coefficient (Wildman–Crippen LogP) is 1.55. The third-order valence-electron chi connectivity index (χ3n) is 7.20. The minimum absolute atomic E-state index is 0.162. The van der Waals surface area contributed by atoms with Crippen molar-refractivity contribution in [2.24, 2.45) is 17.7 Å². The lowest BCUT2D eigenvalue weighted by molar-refractivity contribution is -0.134. The van der Waals surface area contributed by atoms with Gasteiger partial charge in [0.15, 0.2) is 0 Å². The number of rotatable bonds is 5. The molecule has 4 rings (SSSR count). The number of hydrogen-bond donors (Lipinski definition) is 2. The molecule has 0 aliphatic carbocycles. The largest absolute Gasteiger partial charge is 0.369 e. The van der Waals surface area contributed by atoms with E-state index in [1.165, 1.54) is 25.1 Å². The minimum Gasteiger partial charge on any atom is -0.369 e. The summed E-state index contributed by atoms with van der Waals surface area (Å²) < 4.78 is 0. The van der Waals surface area contributed by atoms with Crippen LogP contribution in [0.5, 0.6) is 0 Å². The van der Waals surface area contributed by atoms with Crippen molar-refractivity contribution in [1.29, 1.82) is 0 Å². The maximum atomic E-state index is 12.1. The zero-order chi connectivity index (χ0) is 21.1. The number of nitrogens with two attached hydrogens (primary N) is 1. The first-order valence-corrected chi connectivity index (χ1v) is 11.4. The highest BCUT2D eigenvalue weighted by Gasteiger charge is 2.28. The molecule has 0 aromatic heterocycles. The number of nitrogens with one attached hydrogen (secondary N) is 1. The zero-order valence-corrected chi connectivity index (χ0v) is 18.1. The summed E-state index contributed by atoms with van der Waals surface area (Å²) in [7, 11) is 0. The van der Waals surface area contributed by atoms with E-state index in [0.29, 0.717) is 12.8 Å². The summed E-state index contributed by atoms with van der Waals surface area (Å²) in [5.74, 6) is 6.88. The molecular formula is C23H35N5O2. The number of piperidine rings is 2. The summed E-state index contributed by atoms with van der Waals surface area (Å²) in [6, 6.07) is 8.34. The van der Waals surface area contributed by atoms with E-state index in [4.69, 9.17) is 5.84 Å². The van der Waals surface area contributed by atoms with Crippen LogP contribution < -0.4 is 16.1 Å². The molecule has 3 aliphatic heterocycles. The lowest BCUT2D eigenvalue weighted by Crippen LogP contribution is -2.49. The van der Waals surface area contributed by atoms with E-state index in [-0.39, 0.29) is 17.7 Å². The van der Waals surface area contributed by atoms with Crippen LogP contribution in [0.1, 0.15) is 44.1 Å². The molecule has 3 saturated heterocycles. The first-order valence-electron chi connectivity index (χ1n) is 11.4. The van der Waals surface area contributed by atoms with Gasteiger partial charge in [0.2, 0.25) is 11.8 Å². The number of hydrazine groups is 1. The number of nitrogens with zero attached hydrogens (tertiary/aromatic N) is 3. The first-order chi connectivity index (χ1) is 14.5. The van der Waals surface area contributed by atoms with Crippen molar-refractivity contribution in [1.82, 2.24) is 15.2 Å². The van der Waals surface area contributed by atoms with E-state index >= 15 is 0 Å². The smallest absolute Gasteiger partial charge is 0.234 e. The third kappa shape index (κ3) is 5.02. The van der Waals surface area contributed by atoms with Crippen molar-refractivity contribution in [3.63, 3.8) is 0 Å². The Balaban J connectivity index is 1.26. The number of benzene rings is 1. The van der Waals surface area contributed by atoms with Crippen LogP contribution in [0.3, 0.4) is 0 Å². The summed E-state index contributed by atoms with van der Waals surface area (Å²) in [6.45, 7) is 9.88. The summed E-state index contributed by atoms with van der Waals surface area (Å²) in [5.41, 5.74) is 2.22. The fraction of sp³-hybridized carbons (Fsp3) is 0.652. The molecular weight excluding hydrogens is 378 g/mol. The predicted molar refractivity (Wildman–Crippen MR) is 118 cm³/mol. The molecule has 3 N–H and O–H groups in total. The van der Waals surface area contributed by atoms with Crippen molar-refractivity contribution in [2.75, 3.05) is 50.7 Å². The van der Waals surface area contributed by atoms with Gasteiger partial charge in [0, 0.05) is 57.9 Å². The van der Waals surface area contributed by atoms with E-state index in [1.807, 2.05) is 17.1 Å². The molecule has 164 valence electrons. The van der Waals surface area contributed by atoms with Crippen molar-refractivity contribution in [3.8, 4) is 0 Å². The molecule has 3 heterocycles. The Bertz CT molecular complexity index is 736. The van der Waals surface area contributed by atoms with Crippen molar-refractivity contribution >= 4 is 17.5 Å². The molecule has 1 aromatic rings. The molecule has 0 saturated carbocycles. The van der Waals surface area contributed by atoms with Gasteiger partial charge in [0.05, 0.1) is 5.92 Å². The van der Waals surface area contributed by atoms with Crippen molar-refractivity contribution in [3.05, 3.63) is 29.8 Å². The van der Waals surface area contributed by atoms with Crippen molar-refractivity contribution < 1.29 is 9.59 Å². The van der Waals surface area contributed by atoms with Gasteiger partial charge in [-0.25, -0.2) is 5.01 Å². The van der Waals surface area contributed by atoms with Gasteiger partial charge >= 0.3 is 0 Å². The van der Waals surface area contributed by atoms with Gasteiger partial charge in [-0.15, -0.1) is 0 Å². The van der Waals surface area contributed by atoms with E-state index in [0.717, 1.165) is 56.7 Å². The van der Waals surface area contributed by atoms with E-state index in [9.17, 15) is 9.59 Å². The molecule has 3 aliphatic rings. The molecule has 1 aromatic carbocycles. The van der Waals surface area contributed by atoms with Crippen LogP contribution in [0.2, 0.25) is 0 Å². The number of piperazine rings is 1. The van der Waals surface area contributed by atoms with Crippen molar-refractivity contribution in [2.45, 2.75) is 38.5 Å². The average Bonchev–Trinajstić information content (AvgIpc) is 2.75. The van der Waals surface area contributed by atoms with Crippen LogP contribution in [0.4, 0.5) is 5.69 Å². The highest BCUT2D eigenvalue weighted by atomic mass is 16.2. The van der Waals surface area contributed by atoms with Gasteiger partial charge in [-0.2, -0.15) is 0 Å². The normalized spacial score (nSPS) is 25.9. The number of imide groups is 1. The lowest BCUT2D eigenvalue weighted by atomic mass is 9.85. The van der Waals surface area contributed by atoms with Gasteiger partial charge in [0.25, 0.3) is 0 Å². The summed E-state index contributed by atoms with van der Waals surface area (Å²) >= 11 is 0. The van der Waals surface area contributed by atoms with Crippen LogP contribution in [-0.2, 0) is 9.59 Å². The lowest BCUT2D eigenvalue weighted by Gasteiger charge is -2.39. The van der Waals surface area contributed by atoms with E-state index in [1.54, 1.807) is 0 Å². The number of amides is 2. The molecule has 1 unspecified atom stereocenters. The SMILES string of the molecule is C[C@@H](CN1CCN(c2ccc(C3CCC(=O)NC3=O)cc2)CC1)C1CCN(N)CC1. The van der Waals surface area contributed by atoms with Crippen LogP contribution in [0, 0.1) is 11.8 Å². The van der Waals surface area contributed by atoms with Crippen LogP contribution in [-0.4, -0.2) is 67.5 Å². The van der Waals surface area contributed by atoms with Crippen LogP contribution in [0.25, 0.3) is 0 Å².